The van der Waals surface area contributed by atoms with Crippen molar-refractivity contribution in [2.75, 3.05) is 19.6 Å². The molecule has 1 aliphatic carbocycles. The van der Waals surface area contributed by atoms with Gasteiger partial charge in [-0.15, -0.1) is 0 Å². The van der Waals surface area contributed by atoms with Crippen LogP contribution in [0.3, 0.4) is 0 Å². The number of benzene rings is 2. The summed E-state index contributed by atoms with van der Waals surface area (Å²) in [6.45, 7) is 5.41. The van der Waals surface area contributed by atoms with E-state index < -0.39 is 73.5 Å². The Kier molecular flexibility index (Phi) is 8.87. The topological polar surface area (TPSA) is 84.0 Å². The molecular formula is C32H34F8N2O5S. The summed E-state index contributed by atoms with van der Waals surface area (Å²) >= 11 is 0. The van der Waals surface area contributed by atoms with Gasteiger partial charge in [0.15, 0.2) is 9.84 Å². The first-order valence-electron chi connectivity index (χ1n) is 15.3. The minimum atomic E-state index is -6.37. The zero-order valence-electron chi connectivity index (χ0n) is 26.2. The second-order valence-corrected chi connectivity index (χ2v) is 15.7. The predicted octanol–water partition coefficient (Wildman–Crippen LogP) is 6.98. The SMILES string of the molecule is CC(C)(C)OC(=O)N1CCC(C(=O)N2CC[C@@]3(S(=O)(=O)c4ccc(F)cc4)c4ccc(C(F)(C(F)(F)F)C(F)(F)F)cc4CC[C@@H]23)CC1. The molecule has 0 aromatic heterocycles. The second kappa shape index (κ2) is 11.9. The number of nitrogens with zero attached hydrogens (tertiary/aromatic N) is 2. The fraction of sp³-hybridized carbons (Fsp3) is 0.562. The van der Waals surface area contributed by atoms with E-state index in [1.165, 1.54) is 9.80 Å². The maximum Gasteiger partial charge on any atom is 0.435 e. The van der Waals surface area contributed by atoms with Crippen molar-refractivity contribution in [2.24, 2.45) is 5.92 Å². The molecule has 0 saturated carbocycles. The maximum absolute atomic E-state index is 15.1. The van der Waals surface area contributed by atoms with E-state index in [-0.39, 0.29) is 67.8 Å². The van der Waals surface area contributed by atoms with Crippen LogP contribution in [0.5, 0.6) is 0 Å². The Morgan fingerprint density at radius 2 is 1.44 bits per heavy atom. The van der Waals surface area contributed by atoms with Crippen molar-refractivity contribution in [2.45, 2.75) is 92.2 Å². The Labute approximate surface area is 272 Å². The molecule has 264 valence electrons. The van der Waals surface area contributed by atoms with E-state index >= 15 is 4.39 Å². The minimum Gasteiger partial charge on any atom is -0.444 e. The summed E-state index contributed by atoms with van der Waals surface area (Å²) in [5, 5.41) is 0. The van der Waals surface area contributed by atoms with Gasteiger partial charge in [-0.1, -0.05) is 18.2 Å². The van der Waals surface area contributed by atoms with Crippen molar-refractivity contribution in [3.05, 3.63) is 65.0 Å². The Morgan fingerprint density at radius 3 is 1.98 bits per heavy atom. The monoisotopic (exact) mass is 710 g/mol. The average molecular weight is 711 g/mol. The van der Waals surface area contributed by atoms with Crippen LogP contribution in [0.2, 0.25) is 0 Å². The highest BCUT2D eigenvalue weighted by Crippen LogP contribution is 2.57. The number of carbonyl (C=O) groups excluding carboxylic acids is 2. The number of piperidine rings is 1. The van der Waals surface area contributed by atoms with Crippen LogP contribution in [0.4, 0.5) is 39.9 Å². The molecule has 5 rings (SSSR count). The molecule has 2 aromatic rings. The highest BCUT2D eigenvalue weighted by molar-refractivity contribution is 7.92. The van der Waals surface area contributed by atoms with Crippen LogP contribution in [0.15, 0.2) is 47.4 Å². The van der Waals surface area contributed by atoms with E-state index in [9.17, 15) is 48.7 Å². The lowest BCUT2D eigenvalue weighted by atomic mass is 9.76. The summed E-state index contributed by atoms with van der Waals surface area (Å²) in [7, 11) is -4.60. The summed E-state index contributed by atoms with van der Waals surface area (Å²) in [6, 6.07) is 4.16. The molecular weight excluding hydrogens is 676 g/mol. The minimum absolute atomic E-state index is 0.116. The number of hydrogen-bond donors (Lipinski definition) is 0. The van der Waals surface area contributed by atoms with Crippen molar-refractivity contribution >= 4 is 21.8 Å². The van der Waals surface area contributed by atoms with Crippen molar-refractivity contribution in [3.63, 3.8) is 0 Å². The third-order valence-electron chi connectivity index (χ3n) is 9.45. The molecule has 2 amide bonds. The zero-order valence-corrected chi connectivity index (χ0v) is 27.0. The molecule has 2 fully saturated rings. The Morgan fingerprint density at radius 1 is 0.854 bits per heavy atom. The van der Waals surface area contributed by atoms with Gasteiger partial charge in [0.05, 0.1) is 10.9 Å². The van der Waals surface area contributed by atoms with Crippen molar-refractivity contribution in [1.29, 1.82) is 0 Å². The highest BCUT2D eigenvalue weighted by atomic mass is 32.2. The van der Waals surface area contributed by atoms with Gasteiger partial charge in [-0.2, -0.15) is 26.3 Å². The molecule has 2 aromatic carbocycles. The lowest BCUT2D eigenvalue weighted by Crippen LogP contribution is -2.54. The number of rotatable bonds is 4. The molecule has 16 heteroatoms. The lowest BCUT2D eigenvalue weighted by Gasteiger charge is -2.44. The first-order chi connectivity index (χ1) is 22.0. The summed E-state index contributed by atoms with van der Waals surface area (Å²) < 4.78 is 143. The number of amides is 2. The van der Waals surface area contributed by atoms with Crippen LogP contribution in [0.25, 0.3) is 0 Å². The molecule has 3 aliphatic rings. The first kappa shape index (κ1) is 35.9. The van der Waals surface area contributed by atoms with Crippen LogP contribution in [-0.2, 0) is 36.2 Å². The molecule has 2 aliphatic heterocycles. The number of hydrogen-bond acceptors (Lipinski definition) is 5. The van der Waals surface area contributed by atoms with E-state index in [2.05, 4.69) is 0 Å². The van der Waals surface area contributed by atoms with E-state index in [1.54, 1.807) is 20.8 Å². The molecule has 0 unspecified atom stereocenters. The number of alkyl halides is 7. The largest absolute Gasteiger partial charge is 0.444 e. The first-order valence-corrected chi connectivity index (χ1v) is 16.8. The zero-order chi connectivity index (χ0) is 35.7. The van der Waals surface area contributed by atoms with E-state index in [0.29, 0.717) is 12.1 Å². The maximum atomic E-state index is 15.1. The number of carbonyl (C=O) groups is 2. The Balaban J connectivity index is 1.54. The Hall–Kier alpha value is -3.43. The number of halogens is 8. The highest BCUT2D eigenvalue weighted by Gasteiger charge is 2.74. The van der Waals surface area contributed by atoms with E-state index in [0.717, 1.165) is 30.3 Å². The van der Waals surface area contributed by atoms with Crippen LogP contribution < -0.4 is 0 Å². The molecule has 48 heavy (non-hydrogen) atoms. The summed E-state index contributed by atoms with van der Waals surface area (Å²) in [6.07, 6.45) is -13.5. The lowest BCUT2D eigenvalue weighted by molar-refractivity contribution is -0.348. The van der Waals surface area contributed by atoms with Gasteiger partial charge in [0.1, 0.15) is 16.2 Å². The molecule has 0 spiro atoms. The third-order valence-corrected chi connectivity index (χ3v) is 12.0. The van der Waals surface area contributed by atoms with Gasteiger partial charge >= 0.3 is 24.1 Å². The van der Waals surface area contributed by atoms with Gasteiger partial charge in [0.2, 0.25) is 5.91 Å². The molecule has 0 bridgehead atoms. The van der Waals surface area contributed by atoms with Gasteiger partial charge in [-0.3, -0.25) is 4.79 Å². The number of fused-ring (bicyclic) bond motifs is 3. The normalized spacial score (nSPS) is 22.7. The number of sulfone groups is 1. The smallest absolute Gasteiger partial charge is 0.435 e. The number of ether oxygens (including phenoxy) is 1. The van der Waals surface area contributed by atoms with Crippen LogP contribution in [0, 0.1) is 11.7 Å². The third kappa shape index (κ3) is 5.81. The molecule has 2 heterocycles. The average Bonchev–Trinajstić information content (AvgIpc) is 3.40. The number of likely N-dealkylation sites (tertiary alicyclic amines) is 2. The van der Waals surface area contributed by atoms with Crippen molar-refractivity contribution in [3.8, 4) is 0 Å². The Bertz CT molecular complexity index is 1670. The van der Waals surface area contributed by atoms with Crippen molar-refractivity contribution < 1.29 is 57.9 Å². The van der Waals surface area contributed by atoms with Gasteiger partial charge < -0.3 is 14.5 Å². The predicted molar refractivity (Wildman–Crippen MR) is 156 cm³/mol. The number of aryl methyl sites for hydroxylation is 1. The van der Waals surface area contributed by atoms with E-state index in [4.69, 9.17) is 4.74 Å². The van der Waals surface area contributed by atoms with Gasteiger partial charge in [-0.05, 0) is 88.3 Å². The molecule has 7 nitrogen and oxygen atoms in total. The molecule has 0 radical (unpaired) electrons. The van der Waals surface area contributed by atoms with Crippen LogP contribution in [0.1, 0.15) is 63.1 Å². The van der Waals surface area contributed by atoms with Crippen LogP contribution >= 0.6 is 0 Å². The summed E-state index contributed by atoms with van der Waals surface area (Å²) in [5.41, 5.74) is -8.57. The standard InChI is InChI=1S/C32H34F8N2O5S/c1-28(2,3)47-27(44)41-15-12-19(13-16-41)26(43)42-17-14-29(48(45,46)23-8-6-22(33)7-9-23)24-10-5-21(18-20(24)4-11-25(29)42)30(34,31(35,36)37)32(38,39)40/h5-10,18-19,25H,4,11-17H2,1-3H3/t25-,29-/m1/s1. The molecule has 2 atom stereocenters. The second-order valence-electron chi connectivity index (χ2n) is 13.5. The fourth-order valence-corrected chi connectivity index (χ4v) is 9.55. The van der Waals surface area contributed by atoms with Crippen LogP contribution in [-0.4, -0.2) is 73.8 Å². The van der Waals surface area contributed by atoms with E-state index in [1.807, 2.05) is 0 Å². The summed E-state index contributed by atoms with van der Waals surface area (Å²) in [5.74, 6) is -1.77. The fourth-order valence-electron chi connectivity index (χ4n) is 7.19. The quantitative estimate of drug-likeness (QED) is 0.253. The van der Waals surface area contributed by atoms with Gasteiger partial charge in [-0.25, -0.2) is 22.0 Å². The molecule has 0 N–H and O–H groups in total. The summed E-state index contributed by atoms with van der Waals surface area (Å²) in [4.78, 5) is 29.0. The van der Waals surface area contributed by atoms with Gasteiger partial charge in [0, 0.05) is 31.1 Å². The van der Waals surface area contributed by atoms with Gasteiger partial charge in [0.25, 0.3) is 0 Å². The van der Waals surface area contributed by atoms with Crippen molar-refractivity contribution in [1.82, 2.24) is 9.80 Å². The molecule has 2 saturated heterocycles.